The summed E-state index contributed by atoms with van der Waals surface area (Å²) in [5, 5.41) is 9.37. The zero-order valence-corrected chi connectivity index (χ0v) is 11.3. The summed E-state index contributed by atoms with van der Waals surface area (Å²) in [7, 11) is -3.33. The van der Waals surface area contributed by atoms with Gasteiger partial charge in [-0.15, -0.1) is 0 Å². The molecule has 0 heterocycles. The Labute approximate surface area is 111 Å². The molecule has 0 aromatic heterocycles. The minimum absolute atomic E-state index is 0.172. The lowest BCUT2D eigenvalue weighted by Gasteiger charge is -2.28. The van der Waals surface area contributed by atoms with Crippen LogP contribution in [0.5, 0.6) is 0 Å². The molecule has 0 aliphatic heterocycles. The van der Waals surface area contributed by atoms with Crippen molar-refractivity contribution in [2.45, 2.75) is 11.8 Å². The maximum Gasteiger partial charge on any atom is 0.315 e. The Kier molecular flexibility index (Phi) is 4.65. The molecule has 0 fully saturated rings. The van der Waals surface area contributed by atoms with Gasteiger partial charge in [0.05, 0.1) is 5.75 Å². The Hall–Kier alpha value is -1.47. The molecule has 0 amide bonds. The van der Waals surface area contributed by atoms with Gasteiger partial charge in [-0.25, -0.2) is 12.8 Å². The number of carboxylic acid groups (broad SMARTS) is 1. The van der Waals surface area contributed by atoms with Crippen molar-refractivity contribution in [1.82, 2.24) is 0 Å². The van der Waals surface area contributed by atoms with E-state index in [9.17, 15) is 22.7 Å². The third-order valence-electron chi connectivity index (χ3n) is 3.03. The number of nitrogens with two attached hydrogens (primary N) is 1. The number of hydrogen-bond acceptors (Lipinski definition) is 4. The molecule has 0 radical (unpaired) electrons. The van der Waals surface area contributed by atoms with Gasteiger partial charge in [0.25, 0.3) is 0 Å². The monoisotopic (exact) mass is 289 g/mol. The molecule has 7 heteroatoms. The fraction of sp³-hybridized carbons (Fsp3) is 0.417. The minimum atomic E-state index is -3.33. The topological polar surface area (TPSA) is 97.5 Å². The average molecular weight is 289 g/mol. The van der Waals surface area contributed by atoms with Gasteiger partial charge in [0.2, 0.25) is 0 Å². The summed E-state index contributed by atoms with van der Waals surface area (Å²) in [6, 6.07) is 5.07. The second-order valence-electron chi connectivity index (χ2n) is 4.48. The van der Waals surface area contributed by atoms with Gasteiger partial charge in [-0.2, -0.15) is 0 Å². The van der Waals surface area contributed by atoms with Gasteiger partial charge >= 0.3 is 5.97 Å². The van der Waals surface area contributed by atoms with Gasteiger partial charge in [0.1, 0.15) is 21.1 Å². The highest BCUT2D eigenvalue weighted by atomic mass is 32.2. The Morgan fingerprint density at radius 1 is 1.47 bits per heavy atom. The predicted molar refractivity (Wildman–Crippen MR) is 69.1 cm³/mol. The molecule has 1 rings (SSSR count). The maximum atomic E-state index is 13.2. The van der Waals surface area contributed by atoms with E-state index in [0.717, 1.165) is 12.3 Å². The molecule has 5 nitrogen and oxygen atoms in total. The highest BCUT2D eigenvalue weighted by molar-refractivity contribution is 7.90. The van der Waals surface area contributed by atoms with E-state index in [-0.39, 0.29) is 24.3 Å². The number of rotatable bonds is 6. The number of aliphatic carboxylic acids is 1. The van der Waals surface area contributed by atoms with Gasteiger partial charge in [-0.1, -0.05) is 12.1 Å². The summed E-state index contributed by atoms with van der Waals surface area (Å²) in [5.74, 6) is -2.17. The average Bonchev–Trinajstić information content (AvgIpc) is 2.28. The van der Waals surface area contributed by atoms with Crippen LogP contribution < -0.4 is 5.73 Å². The van der Waals surface area contributed by atoms with Gasteiger partial charge in [0.15, 0.2) is 0 Å². The van der Waals surface area contributed by atoms with Crippen molar-refractivity contribution in [2.75, 3.05) is 18.6 Å². The van der Waals surface area contributed by atoms with Gasteiger partial charge in [-0.3, -0.25) is 4.79 Å². The SMILES string of the molecule is CS(=O)(=O)CCC(CN)(C(=O)O)c1cccc(F)c1. The van der Waals surface area contributed by atoms with Crippen molar-refractivity contribution in [3.05, 3.63) is 35.6 Å². The van der Waals surface area contributed by atoms with Crippen LogP contribution in [0.3, 0.4) is 0 Å². The third kappa shape index (κ3) is 3.74. The predicted octanol–water partition coefficient (Wildman–Crippen LogP) is 0.542. The molecule has 1 unspecified atom stereocenters. The molecule has 0 spiro atoms. The summed E-state index contributed by atoms with van der Waals surface area (Å²) in [6.45, 7) is -0.304. The zero-order valence-electron chi connectivity index (χ0n) is 10.5. The lowest BCUT2D eigenvalue weighted by molar-refractivity contribution is -0.143. The standard InChI is InChI=1S/C12H16FNO4S/c1-19(17,18)6-5-12(8-14,11(15)16)9-3-2-4-10(13)7-9/h2-4,7H,5-6,8,14H2,1H3,(H,15,16). The number of carboxylic acids is 1. The summed E-state index contributed by atoms with van der Waals surface area (Å²) in [4.78, 5) is 11.5. The van der Waals surface area contributed by atoms with Crippen LogP contribution in [0.2, 0.25) is 0 Å². The van der Waals surface area contributed by atoms with Crippen molar-refractivity contribution in [2.24, 2.45) is 5.73 Å². The number of benzene rings is 1. The van der Waals surface area contributed by atoms with Crippen molar-refractivity contribution >= 4 is 15.8 Å². The van der Waals surface area contributed by atoms with Crippen LogP contribution in [0.15, 0.2) is 24.3 Å². The molecule has 0 saturated carbocycles. The lowest BCUT2D eigenvalue weighted by atomic mass is 9.78. The van der Waals surface area contributed by atoms with E-state index in [1.54, 1.807) is 0 Å². The van der Waals surface area contributed by atoms with Crippen molar-refractivity contribution in [3.8, 4) is 0 Å². The van der Waals surface area contributed by atoms with Crippen molar-refractivity contribution < 1.29 is 22.7 Å². The van der Waals surface area contributed by atoms with E-state index >= 15 is 0 Å². The smallest absolute Gasteiger partial charge is 0.315 e. The first-order chi connectivity index (χ1) is 8.71. The summed E-state index contributed by atoms with van der Waals surface area (Å²) in [6.07, 6.45) is 0.822. The third-order valence-corrected chi connectivity index (χ3v) is 3.98. The summed E-state index contributed by atoms with van der Waals surface area (Å²) in [5.41, 5.74) is 4.10. The van der Waals surface area contributed by atoms with E-state index in [4.69, 9.17) is 5.73 Å². The zero-order chi connectivity index (χ0) is 14.7. The fourth-order valence-corrected chi connectivity index (χ4v) is 2.55. The van der Waals surface area contributed by atoms with Gasteiger partial charge < -0.3 is 10.8 Å². The first-order valence-electron chi connectivity index (χ1n) is 5.58. The first kappa shape index (κ1) is 15.6. The molecule has 1 aromatic carbocycles. The molecule has 0 bridgehead atoms. The van der Waals surface area contributed by atoms with Crippen molar-refractivity contribution in [1.29, 1.82) is 0 Å². The molecular weight excluding hydrogens is 273 g/mol. The van der Waals surface area contributed by atoms with Crippen LogP contribution in [-0.4, -0.2) is 38.0 Å². The molecule has 1 aromatic rings. The molecule has 1 atom stereocenters. The number of hydrogen-bond donors (Lipinski definition) is 2. The second-order valence-corrected chi connectivity index (χ2v) is 6.74. The number of halogens is 1. The number of carbonyl (C=O) groups is 1. The Morgan fingerprint density at radius 3 is 2.53 bits per heavy atom. The van der Waals surface area contributed by atoms with E-state index < -0.39 is 27.0 Å². The molecule has 19 heavy (non-hydrogen) atoms. The Morgan fingerprint density at radius 2 is 2.11 bits per heavy atom. The van der Waals surface area contributed by atoms with E-state index in [1.807, 2.05) is 0 Å². The van der Waals surface area contributed by atoms with Crippen LogP contribution in [0.25, 0.3) is 0 Å². The van der Waals surface area contributed by atoms with E-state index in [1.165, 1.54) is 18.2 Å². The largest absolute Gasteiger partial charge is 0.481 e. The maximum absolute atomic E-state index is 13.2. The lowest BCUT2D eigenvalue weighted by Crippen LogP contribution is -2.44. The normalized spacial score (nSPS) is 14.9. The molecule has 0 aliphatic rings. The quantitative estimate of drug-likeness (QED) is 0.796. The van der Waals surface area contributed by atoms with Gasteiger partial charge in [0, 0.05) is 12.8 Å². The van der Waals surface area contributed by atoms with E-state index in [0.29, 0.717) is 0 Å². The Bertz CT molecular complexity index is 573. The minimum Gasteiger partial charge on any atom is -0.481 e. The molecule has 0 aliphatic carbocycles. The highest BCUT2D eigenvalue weighted by Crippen LogP contribution is 2.28. The summed E-state index contributed by atoms with van der Waals surface area (Å²) >= 11 is 0. The molecule has 0 saturated heterocycles. The van der Waals surface area contributed by atoms with Crippen LogP contribution in [0.4, 0.5) is 4.39 Å². The van der Waals surface area contributed by atoms with Crippen LogP contribution in [0.1, 0.15) is 12.0 Å². The summed E-state index contributed by atoms with van der Waals surface area (Å²) < 4.78 is 35.6. The fourth-order valence-electron chi connectivity index (χ4n) is 1.83. The van der Waals surface area contributed by atoms with E-state index in [2.05, 4.69) is 0 Å². The van der Waals surface area contributed by atoms with Gasteiger partial charge in [-0.05, 0) is 24.1 Å². The Balaban J connectivity index is 3.23. The van der Waals surface area contributed by atoms with Crippen LogP contribution >= 0.6 is 0 Å². The van der Waals surface area contributed by atoms with Crippen LogP contribution in [0, 0.1) is 5.82 Å². The molecular formula is C12H16FNO4S. The first-order valence-corrected chi connectivity index (χ1v) is 7.64. The highest BCUT2D eigenvalue weighted by Gasteiger charge is 2.39. The molecule has 106 valence electrons. The second kappa shape index (κ2) is 5.66. The number of sulfone groups is 1. The van der Waals surface area contributed by atoms with Crippen molar-refractivity contribution in [3.63, 3.8) is 0 Å². The van der Waals surface area contributed by atoms with Crippen LogP contribution in [-0.2, 0) is 20.0 Å². The molecule has 3 N–H and O–H groups in total.